The lowest BCUT2D eigenvalue weighted by molar-refractivity contribution is -0.141. The van der Waals surface area contributed by atoms with Crippen molar-refractivity contribution in [3.63, 3.8) is 0 Å². The number of ether oxygens (including phenoxy) is 1. The van der Waals surface area contributed by atoms with Crippen molar-refractivity contribution in [2.24, 2.45) is 17.8 Å². The molecule has 1 saturated heterocycles. The van der Waals surface area contributed by atoms with Crippen molar-refractivity contribution in [2.75, 3.05) is 27.2 Å². The summed E-state index contributed by atoms with van der Waals surface area (Å²) in [5, 5.41) is 18.2. The molecule has 298 valence electrons. The van der Waals surface area contributed by atoms with Crippen LogP contribution < -0.4 is 10.6 Å². The largest absolute Gasteiger partial charge is 0.481 e. The Balaban J connectivity index is 1.32. The van der Waals surface area contributed by atoms with Crippen LogP contribution in [-0.2, 0) is 38.4 Å². The molecule has 0 unspecified atom stereocenters. The monoisotopic (exact) mass is 773 g/mol. The minimum atomic E-state index is -0.912. The van der Waals surface area contributed by atoms with E-state index >= 15 is 0 Å². The van der Waals surface area contributed by atoms with E-state index in [0.29, 0.717) is 24.5 Å². The molecule has 3 aromatic rings. The molecule has 3 amide bonds. The average Bonchev–Trinajstić information content (AvgIpc) is 3.84. The van der Waals surface area contributed by atoms with Gasteiger partial charge >= 0.3 is 5.97 Å². The number of benzene rings is 2. The van der Waals surface area contributed by atoms with Gasteiger partial charge in [0.15, 0.2) is 0 Å². The Hall–Kier alpha value is -4.13. The highest BCUT2D eigenvalue weighted by molar-refractivity contribution is 7.09. The van der Waals surface area contributed by atoms with Crippen LogP contribution in [0.2, 0.25) is 0 Å². The van der Waals surface area contributed by atoms with Crippen molar-refractivity contribution in [3.05, 3.63) is 87.4 Å². The van der Waals surface area contributed by atoms with Crippen LogP contribution in [0.1, 0.15) is 98.1 Å². The minimum absolute atomic E-state index is 0.0520. The lowest BCUT2D eigenvalue weighted by Gasteiger charge is -2.38. The number of aliphatic carboxylic acids is 1. The van der Waals surface area contributed by atoms with E-state index in [0.717, 1.165) is 44.2 Å². The molecule has 3 N–H and O–H groups in total. The van der Waals surface area contributed by atoms with Crippen LogP contribution in [0.15, 0.2) is 60.0 Å². The number of fused-ring (bicyclic) bond motifs is 1. The summed E-state index contributed by atoms with van der Waals surface area (Å²) in [4.78, 5) is 62.4. The van der Waals surface area contributed by atoms with Crippen LogP contribution in [0.5, 0.6) is 0 Å². The number of nitrogens with zero attached hydrogens (tertiary/aromatic N) is 3. The van der Waals surface area contributed by atoms with Gasteiger partial charge < -0.3 is 25.4 Å². The maximum absolute atomic E-state index is 14.7. The smallest absolute Gasteiger partial charge is 0.306 e. The Morgan fingerprint density at radius 2 is 1.65 bits per heavy atom. The summed E-state index contributed by atoms with van der Waals surface area (Å²) in [5.74, 6) is -2.14. The van der Waals surface area contributed by atoms with Crippen molar-refractivity contribution in [1.29, 1.82) is 0 Å². The molecule has 1 aliphatic heterocycles. The number of rotatable bonds is 18. The lowest BCUT2D eigenvalue weighted by Crippen LogP contribution is -2.58. The summed E-state index contributed by atoms with van der Waals surface area (Å²) in [6, 6.07) is 16.4. The molecule has 2 aromatic carbocycles. The van der Waals surface area contributed by atoms with Crippen molar-refractivity contribution in [2.45, 2.75) is 109 Å². The number of nitrogens with one attached hydrogen (secondary N) is 2. The molecule has 1 aromatic heterocycles. The number of aromatic nitrogens is 1. The average molecular weight is 774 g/mol. The normalized spacial score (nSPS) is 18.9. The predicted octanol–water partition coefficient (Wildman–Crippen LogP) is 5.93. The van der Waals surface area contributed by atoms with Gasteiger partial charge in [-0.25, -0.2) is 4.98 Å². The first kappa shape index (κ1) is 42.0. The summed E-state index contributed by atoms with van der Waals surface area (Å²) >= 11 is 1.34. The Kier molecular flexibility index (Phi) is 15.0. The van der Waals surface area contributed by atoms with Crippen molar-refractivity contribution < 1.29 is 29.0 Å². The fraction of sp³-hybridized carbons (Fsp3) is 0.558. The van der Waals surface area contributed by atoms with Crippen LogP contribution in [0.25, 0.3) is 0 Å². The number of hydrogen-bond donors (Lipinski definition) is 3. The molecule has 0 bridgehead atoms. The zero-order valence-corrected chi connectivity index (χ0v) is 34.0. The number of piperidine rings is 1. The summed E-state index contributed by atoms with van der Waals surface area (Å²) in [6.07, 6.45) is 5.01. The van der Waals surface area contributed by atoms with Gasteiger partial charge in [-0.15, -0.1) is 11.3 Å². The molecule has 2 aliphatic rings. The fourth-order valence-corrected chi connectivity index (χ4v) is 9.06. The number of carboxylic acid groups (broad SMARTS) is 1. The molecule has 12 heteroatoms. The number of likely N-dealkylation sites (N-methyl/N-ethyl adjacent to an activating group) is 2. The second-order valence-corrected chi connectivity index (χ2v) is 16.7. The molecule has 0 spiro atoms. The van der Waals surface area contributed by atoms with E-state index in [1.54, 1.807) is 17.2 Å². The fourth-order valence-electron chi connectivity index (χ4n) is 8.21. The number of likely N-dealkylation sites (tertiary alicyclic amines) is 1. The quantitative estimate of drug-likeness (QED) is 0.145. The van der Waals surface area contributed by atoms with Gasteiger partial charge in [-0.1, -0.05) is 81.8 Å². The molecule has 1 fully saturated rings. The second kappa shape index (κ2) is 19.6. The second-order valence-electron chi connectivity index (χ2n) is 15.8. The molecule has 2 heterocycles. The molecular formula is C43H59N5O6S. The van der Waals surface area contributed by atoms with Gasteiger partial charge in [0.25, 0.3) is 5.91 Å². The maximum Gasteiger partial charge on any atom is 0.306 e. The van der Waals surface area contributed by atoms with Crippen LogP contribution in [0.3, 0.4) is 0 Å². The van der Waals surface area contributed by atoms with E-state index in [9.17, 15) is 24.3 Å². The number of carboxylic acids is 1. The van der Waals surface area contributed by atoms with Gasteiger partial charge in [0.2, 0.25) is 11.8 Å². The maximum atomic E-state index is 14.7. The minimum Gasteiger partial charge on any atom is -0.481 e. The van der Waals surface area contributed by atoms with Gasteiger partial charge in [0.05, 0.1) is 12.0 Å². The van der Waals surface area contributed by atoms with E-state index in [4.69, 9.17) is 9.72 Å². The molecule has 1 aliphatic carbocycles. The van der Waals surface area contributed by atoms with Gasteiger partial charge in [-0.3, -0.25) is 24.1 Å². The third-order valence-electron chi connectivity index (χ3n) is 11.4. The molecule has 55 heavy (non-hydrogen) atoms. The first-order valence-electron chi connectivity index (χ1n) is 19.8. The third-order valence-corrected chi connectivity index (χ3v) is 12.3. The first-order chi connectivity index (χ1) is 26.4. The highest BCUT2D eigenvalue weighted by Gasteiger charge is 2.40. The molecule has 6 atom stereocenters. The molecular weight excluding hydrogens is 715 g/mol. The van der Waals surface area contributed by atoms with Crippen LogP contribution in [0.4, 0.5) is 0 Å². The SMILES string of the molecule is CCO[C@H](C[C@H](C(C)C)N(C)C(=O)[C@@H](NC(=O)[C@H]1CCCCN1C)C1Cc2ccccc2C1)c1nc(C(=O)N[C@@H](Cc2ccccc2)C[C@H](C)C(=O)O)cs1. The Morgan fingerprint density at radius 3 is 2.27 bits per heavy atom. The topological polar surface area (TPSA) is 141 Å². The highest BCUT2D eigenvalue weighted by Crippen LogP contribution is 2.33. The Bertz CT molecular complexity index is 1720. The summed E-state index contributed by atoms with van der Waals surface area (Å²) in [7, 11) is 3.81. The molecule has 11 nitrogen and oxygen atoms in total. The van der Waals surface area contributed by atoms with Crippen LogP contribution >= 0.6 is 11.3 Å². The van der Waals surface area contributed by atoms with Crippen LogP contribution in [0, 0.1) is 17.8 Å². The Labute approximate surface area is 330 Å². The van der Waals surface area contributed by atoms with E-state index in [2.05, 4.69) is 41.5 Å². The number of amides is 3. The van der Waals surface area contributed by atoms with Crippen LogP contribution in [-0.4, -0.2) is 95.0 Å². The lowest BCUT2D eigenvalue weighted by atomic mass is 9.91. The summed E-state index contributed by atoms with van der Waals surface area (Å²) in [6.45, 7) is 8.99. The van der Waals surface area contributed by atoms with E-state index in [-0.39, 0.29) is 53.8 Å². The standard InChI is InChI=1S/C43H59N5O6S/c1-7-54-37(41-45-34(26-55-41)39(49)44-33(21-28(4)43(52)53)22-29-15-9-8-10-16-29)25-36(27(2)3)48(6)42(51)38(32-23-30-17-11-12-18-31(30)24-32)46-40(50)35-19-13-14-20-47(35)5/h8-12,15-18,26-28,32-33,35-38H,7,13-14,19-25H2,1-6H3,(H,44,49)(H,46,50)(H,52,53)/t28-,33+,35+,36+,37+,38-/m0/s1. The van der Waals surface area contributed by atoms with Crippen molar-refractivity contribution >= 4 is 35.0 Å². The molecule has 0 radical (unpaired) electrons. The van der Waals surface area contributed by atoms with E-state index in [1.807, 2.05) is 63.5 Å². The van der Waals surface area contributed by atoms with Gasteiger partial charge in [-0.2, -0.15) is 0 Å². The van der Waals surface area contributed by atoms with Gasteiger partial charge in [0.1, 0.15) is 22.8 Å². The van der Waals surface area contributed by atoms with E-state index in [1.165, 1.54) is 22.5 Å². The molecule has 0 saturated carbocycles. The zero-order valence-electron chi connectivity index (χ0n) is 33.2. The first-order valence-corrected chi connectivity index (χ1v) is 20.7. The number of carbonyl (C=O) groups is 4. The van der Waals surface area contributed by atoms with Gasteiger partial charge in [-0.05, 0) is 87.6 Å². The number of carbonyl (C=O) groups excluding carboxylic acids is 3. The molecule has 5 rings (SSSR count). The van der Waals surface area contributed by atoms with Crippen molar-refractivity contribution in [3.8, 4) is 0 Å². The highest BCUT2D eigenvalue weighted by atomic mass is 32.1. The zero-order chi connectivity index (χ0) is 39.6. The summed E-state index contributed by atoms with van der Waals surface area (Å²) < 4.78 is 6.27. The summed E-state index contributed by atoms with van der Waals surface area (Å²) in [5.41, 5.74) is 3.69. The van der Waals surface area contributed by atoms with E-state index < -0.39 is 30.1 Å². The third kappa shape index (κ3) is 11.0. The van der Waals surface area contributed by atoms with Gasteiger partial charge in [0, 0.05) is 37.5 Å². The Morgan fingerprint density at radius 1 is 0.982 bits per heavy atom. The predicted molar refractivity (Wildman–Crippen MR) is 215 cm³/mol. The number of thiazole rings is 1. The van der Waals surface area contributed by atoms with Crippen molar-refractivity contribution in [1.82, 2.24) is 25.4 Å². The number of hydrogen-bond acceptors (Lipinski definition) is 8.